The fourth-order valence-electron chi connectivity index (χ4n) is 1.63. The van der Waals surface area contributed by atoms with Crippen LogP contribution in [0.25, 0.3) is 0 Å². The fourth-order valence-corrected chi connectivity index (χ4v) is 1.82. The second-order valence-electron chi connectivity index (χ2n) is 5.23. The van der Waals surface area contributed by atoms with E-state index < -0.39 is 0 Å². The first-order valence-corrected chi connectivity index (χ1v) is 5.68. The van der Waals surface area contributed by atoms with Crippen molar-refractivity contribution in [3.63, 3.8) is 0 Å². The average Bonchev–Trinajstić information content (AvgIpc) is 2.14. The van der Waals surface area contributed by atoms with Crippen LogP contribution in [0.5, 0.6) is 0 Å². The molecule has 0 fully saturated rings. The molecule has 0 aliphatic carbocycles. The summed E-state index contributed by atoms with van der Waals surface area (Å²) in [6.07, 6.45) is 0. The standard InChI is InChI=1S/C13H18ClNO/c1-13(2,3)9-15(4)12(16)10-6-5-7-11(14)8-10/h5-8H,9H2,1-4H3. The molecule has 0 N–H and O–H groups in total. The third-order valence-corrected chi connectivity index (χ3v) is 2.36. The van der Waals surface area contributed by atoms with Gasteiger partial charge in [0.2, 0.25) is 0 Å². The second kappa shape index (κ2) is 4.88. The topological polar surface area (TPSA) is 20.3 Å². The monoisotopic (exact) mass is 239 g/mol. The van der Waals surface area contributed by atoms with Crippen LogP contribution in [0, 0.1) is 5.41 Å². The molecule has 0 unspecified atom stereocenters. The Balaban J connectivity index is 2.78. The highest BCUT2D eigenvalue weighted by molar-refractivity contribution is 6.30. The Kier molecular flexibility index (Phi) is 3.98. The summed E-state index contributed by atoms with van der Waals surface area (Å²) in [4.78, 5) is 13.8. The van der Waals surface area contributed by atoms with Crippen LogP contribution in [0.2, 0.25) is 5.02 Å². The maximum absolute atomic E-state index is 12.0. The van der Waals surface area contributed by atoms with Crippen LogP contribution in [0.15, 0.2) is 24.3 Å². The number of nitrogens with zero attached hydrogens (tertiary/aromatic N) is 1. The molecule has 1 aromatic carbocycles. The number of benzene rings is 1. The van der Waals surface area contributed by atoms with Crippen molar-refractivity contribution in [2.24, 2.45) is 5.41 Å². The Bertz CT molecular complexity index is 382. The highest BCUT2D eigenvalue weighted by atomic mass is 35.5. The lowest BCUT2D eigenvalue weighted by Crippen LogP contribution is -2.34. The van der Waals surface area contributed by atoms with E-state index in [4.69, 9.17) is 11.6 Å². The van der Waals surface area contributed by atoms with Gasteiger partial charge in [0.1, 0.15) is 0 Å². The molecule has 0 aliphatic heterocycles. The van der Waals surface area contributed by atoms with Crippen LogP contribution in [-0.2, 0) is 0 Å². The summed E-state index contributed by atoms with van der Waals surface area (Å²) < 4.78 is 0. The first kappa shape index (κ1) is 13.0. The van der Waals surface area contributed by atoms with Crippen molar-refractivity contribution in [3.8, 4) is 0 Å². The zero-order chi connectivity index (χ0) is 12.3. The van der Waals surface area contributed by atoms with Gasteiger partial charge in [-0.25, -0.2) is 0 Å². The minimum Gasteiger partial charge on any atom is -0.341 e. The molecule has 0 saturated carbocycles. The van der Waals surface area contributed by atoms with Gasteiger partial charge in [-0.3, -0.25) is 4.79 Å². The van der Waals surface area contributed by atoms with E-state index in [0.717, 1.165) is 6.54 Å². The molecule has 1 aromatic rings. The molecule has 0 atom stereocenters. The molecule has 0 aromatic heterocycles. The maximum Gasteiger partial charge on any atom is 0.253 e. The van der Waals surface area contributed by atoms with Crippen LogP contribution in [0.1, 0.15) is 31.1 Å². The summed E-state index contributed by atoms with van der Waals surface area (Å²) in [5, 5.41) is 0.593. The smallest absolute Gasteiger partial charge is 0.253 e. The van der Waals surface area contributed by atoms with Crippen LogP contribution in [0.3, 0.4) is 0 Å². The Morgan fingerprint density at radius 3 is 2.50 bits per heavy atom. The van der Waals surface area contributed by atoms with Gasteiger partial charge in [0, 0.05) is 24.2 Å². The zero-order valence-electron chi connectivity index (χ0n) is 10.2. The van der Waals surface area contributed by atoms with Crippen molar-refractivity contribution < 1.29 is 4.79 Å². The second-order valence-corrected chi connectivity index (χ2v) is 5.67. The van der Waals surface area contributed by atoms with Gasteiger partial charge in [-0.15, -0.1) is 0 Å². The summed E-state index contributed by atoms with van der Waals surface area (Å²) in [7, 11) is 1.81. The van der Waals surface area contributed by atoms with E-state index in [9.17, 15) is 4.79 Å². The first-order valence-electron chi connectivity index (χ1n) is 5.31. The highest BCUT2D eigenvalue weighted by Gasteiger charge is 2.18. The number of hydrogen-bond donors (Lipinski definition) is 0. The average molecular weight is 240 g/mol. The quantitative estimate of drug-likeness (QED) is 0.774. The van der Waals surface area contributed by atoms with E-state index in [1.165, 1.54) is 0 Å². The molecule has 88 valence electrons. The third-order valence-electron chi connectivity index (χ3n) is 2.13. The van der Waals surface area contributed by atoms with Crippen LogP contribution >= 0.6 is 11.6 Å². The van der Waals surface area contributed by atoms with Gasteiger partial charge in [0.25, 0.3) is 5.91 Å². The number of hydrogen-bond acceptors (Lipinski definition) is 1. The maximum atomic E-state index is 12.0. The molecule has 2 nitrogen and oxygen atoms in total. The lowest BCUT2D eigenvalue weighted by atomic mass is 9.96. The zero-order valence-corrected chi connectivity index (χ0v) is 11.0. The summed E-state index contributed by atoms with van der Waals surface area (Å²) in [5.41, 5.74) is 0.738. The lowest BCUT2D eigenvalue weighted by Gasteiger charge is -2.26. The molecule has 16 heavy (non-hydrogen) atoms. The summed E-state index contributed by atoms with van der Waals surface area (Å²) in [6.45, 7) is 7.04. The number of amides is 1. The van der Waals surface area contributed by atoms with Crippen molar-refractivity contribution in [1.29, 1.82) is 0 Å². The van der Waals surface area contributed by atoms with Gasteiger partial charge in [-0.1, -0.05) is 38.4 Å². The van der Waals surface area contributed by atoms with Gasteiger partial charge in [0.15, 0.2) is 0 Å². The summed E-state index contributed by atoms with van der Waals surface area (Å²) >= 11 is 5.86. The molecule has 0 aliphatic rings. The normalized spacial score (nSPS) is 11.3. The van der Waals surface area contributed by atoms with Crippen LogP contribution in [-0.4, -0.2) is 24.4 Å². The number of halogens is 1. The van der Waals surface area contributed by atoms with Gasteiger partial charge in [-0.2, -0.15) is 0 Å². The molecule has 0 bridgehead atoms. The van der Waals surface area contributed by atoms with Crippen molar-refractivity contribution in [3.05, 3.63) is 34.9 Å². The van der Waals surface area contributed by atoms with Gasteiger partial charge in [0.05, 0.1) is 0 Å². The molecule has 1 rings (SSSR count). The van der Waals surface area contributed by atoms with Gasteiger partial charge < -0.3 is 4.90 Å². The van der Waals surface area contributed by atoms with E-state index in [2.05, 4.69) is 20.8 Å². The highest BCUT2D eigenvalue weighted by Crippen LogP contribution is 2.17. The minimum absolute atomic E-state index is 0.0115. The Morgan fingerprint density at radius 2 is 2.00 bits per heavy atom. The van der Waals surface area contributed by atoms with E-state index >= 15 is 0 Å². The Hall–Kier alpha value is -1.02. The van der Waals surface area contributed by atoms with Crippen LogP contribution in [0.4, 0.5) is 0 Å². The fraction of sp³-hybridized carbons (Fsp3) is 0.462. The van der Waals surface area contributed by atoms with Crippen molar-refractivity contribution in [2.75, 3.05) is 13.6 Å². The molecular weight excluding hydrogens is 222 g/mol. The third kappa shape index (κ3) is 3.86. The molecular formula is C13H18ClNO. The molecule has 3 heteroatoms. The SMILES string of the molecule is CN(CC(C)(C)C)C(=O)c1cccc(Cl)c1. The molecule has 0 radical (unpaired) electrons. The predicted molar refractivity (Wildman–Crippen MR) is 67.9 cm³/mol. The number of carbonyl (C=O) groups is 1. The minimum atomic E-state index is 0.0115. The van der Waals surface area contributed by atoms with Crippen LogP contribution < -0.4 is 0 Å². The van der Waals surface area contributed by atoms with E-state index in [0.29, 0.717) is 10.6 Å². The largest absolute Gasteiger partial charge is 0.341 e. The van der Waals surface area contributed by atoms with Crippen molar-refractivity contribution in [1.82, 2.24) is 4.90 Å². The number of carbonyl (C=O) groups excluding carboxylic acids is 1. The lowest BCUT2D eigenvalue weighted by molar-refractivity contribution is 0.0745. The van der Waals surface area contributed by atoms with E-state index in [-0.39, 0.29) is 11.3 Å². The molecule has 1 amide bonds. The summed E-state index contributed by atoms with van der Waals surface area (Å²) in [6, 6.07) is 7.04. The number of rotatable bonds is 2. The van der Waals surface area contributed by atoms with Crippen molar-refractivity contribution >= 4 is 17.5 Å². The molecule has 0 spiro atoms. The van der Waals surface area contributed by atoms with Gasteiger partial charge in [-0.05, 0) is 23.6 Å². The van der Waals surface area contributed by atoms with Gasteiger partial charge >= 0.3 is 0 Å². The van der Waals surface area contributed by atoms with E-state index in [1.54, 1.807) is 29.2 Å². The Morgan fingerprint density at radius 1 is 1.38 bits per heavy atom. The Labute approximate surface area is 102 Å². The molecule has 0 heterocycles. The van der Waals surface area contributed by atoms with Crippen molar-refractivity contribution in [2.45, 2.75) is 20.8 Å². The van der Waals surface area contributed by atoms with E-state index in [1.807, 2.05) is 7.05 Å². The molecule has 0 saturated heterocycles. The first-order chi connectivity index (χ1) is 7.29. The predicted octanol–water partition coefficient (Wildman–Crippen LogP) is 3.46. The summed E-state index contributed by atoms with van der Waals surface area (Å²) in [5.74, 6) is 0.0115.